The average Bonchev–Trinajstić information content (AvgIpc) is 2.50. The summed E-state index contributed by atoms with van der Waals surface area (Å²) in [7, 11) is 0. The van der Waals surface area contributed by atoms with Gasteiger partial charge in [-0.1, -0.05) is 6.92 Å². The van der Waals surface area contributed by atoms with E-state index in [1.54, 1.807) is 6.20 Å². The summed E-state index contributed by atoms with van der Waals surface area (Å²) in [5, 5.41) is 6.70. The third-order valence-electron chi connectivity index (χ3n) is 1.73. The topological polar surface area (TPSA) is 80.5 Å². The Hall–Kier alpha value is -1.65. The molecule has 0 aliphatic heterocycles. The van der Waals surface area contributed by atoms with Gasteiger partial charge in [0.05, 0.1) is 11.9 Å². The minimum Gasteiger partial charge on any atom is -0.368 e. The van der Waals surface area contributed by atoms with Crippen LogP contribution in [-0.2, 0) is 6.42 Å². The third-order valence-corrected chi connectivity index (χ3v) is 1.73. The Balaban J connectivity index is 2.80. The molecule has 2 aromatic rings. The van der Waals surface area contributed by atoms with Crippen LogP contribution in [0, 0.1) is 0 Å². The molecular formula is C7H9N5. The van der Waals surface area contributed by atoms with E-state index in [1.807, 2.05) is 6.92 Å². The molecule has 0 aromatic carbocycles. The molecule has 3 N–H and O–H groups in total. The summed E-state index contributed by atoms with van der Waals surface area (Å²) >= 11 is 0. The van der Waals surface area contributed by atoms with Crippen LogP contribution in [0.5, 0.6) is 0 Å². The van der Waals surface area contributed by atoms with Crippen molar-refractivity contribution in [3.8, 4) is 0 Å². The molecule has 5 heteroatoms. The Bertz CT molecular complexity index is 405. The number of nitrogens with two attached hydrogens (primary N) is 1. The van der Waals surface area contributed by atoms with Gasteiger partial charge in [-0.2, -0.15) is 5.10 Å². The third kappa shape index (κ3) is 0.903. The van der Waals surface area contributed by atoms with Gasteiger partial charge in [0.2, 0.25) is 5.95 Å². The monoisotopic (exact) mass is 163 g/mol. The molecule has 12 heavy (non-hydrogen) atoms. The minimum atomic E-state index is 0.306. The van der Waals surface area contributed by atoms with Crippen LogP contribution in [0.25, 0.3) is 11.0 Å². The van der Waals surface area contributed by atoms with E-state index in [4.69, 9.17) is 5.73 Å². The number of aromatic amines is 1. The fraction of sp³-hybridized carbons (Fsp3) is 0.286. The predicted molar refractivity (Wildman–Crippen MR) is 45.5 cm³/mol. The van der Waals surface area contributed by atoms with Crippen LogP contribution in [0.1, 0.15) is 12.6 Å². The van der Waals surface area contributed by atoms with Crippen LogP contribution in [0.3, 0.4) is 0 Å². The molecule has 0 saturated heterocycles. The summed E-state index contributed by atoms with van der Waals surface area (Å²) in [6.07, 6.45) is 2.47. The quantitative estimate of drug-likeness (QED) is 0.641. The first kappa shape index (κ1) is 7.02. The van der Waals surface area contributed by atoms with Gasteiger partial charge < -0.3 is 5.73 Å². The summed E-state index contributed by atoms with van der Waals surface area (Å²) in [5.74, 6) is 0.306. The number of aromatic nitrogens is 4. The SMILES string of the molecule is CCc1nc(N)nc2cn[nH]c12. The zero-order chi connectivity index (χ0) is 8.55. The molecule has 0 fully saturated rings. The molecule has 0 bridgehead atoms. The van der Waals surface area contributed by atoms with Gasteiger partial charge in [0.15, 0.2) is 0 Å². The molecule has 0 spiro atoms. The maximum absolute atomic E-state index is 5.50. The number of nitrogens with zero attached hydrogens (tertiary/aromatic N) is 3. The highest BCUT2D eigenvalue weighted by molar-refractivity contribution is 5.76. The van der Waals surface area contributed by atoms with Crippen molar-refractivity contribution in [3.63, 3.8) is 0 Å². The number of anilines is 1. The molecule has 0 aliphatic rings. The molecule has 2 rings (SSSR count). The lowest BCUT2D eigenvalue weighted by atomic mass is 10.3. The van der Waals surface area contributed by atoms with Crippen LogP contribution >= 0.6 is 0 Å². The second kappa shape index (κ2) is 2.44. The van der Waals surface area contributed by atoms with Crippen molar-refractivity contribution in [1.82, 2.24) is 20.2 Å². The smallest absolute Gasteiger partial charge is 0.220 e. The molecule has 0 radical (unpaired) electrons. The van der Waals surface area contributed by atoms with E-state index in [-0.39, 0.29) is 0 Å². The zero-order valence-electron chi connectivity index (χ0n) is 6.70. The average molecular weight is 163 g/mol. The highest BCUT2D eigenvalue weighted by Gasteiger charge is 2.04. The number of fused-ring (bicyclic) bond motifs is 1. The van der Waals surface area contributed by atoms with E-state index >= 15 is 0 Å². The zero-order valence-corrected chi connectivity index (χ0v) is 6.70. The summed E-state index contributed by atoms with van der Waals surface area (Å²) in [6, 6.07) is 0. The molecule has 62 valence electrons. The minimum absolute atomic E-state index is 0.306. The van der Waals surface area contributed by atoms with E-state index in [9.17, 15) is 0 Å². The summed E-state index contributed by atoms with van der Waals surface area (Å²) in [5.41, 5.74) is 8.07. The number of hydrogen-bond acceptors (Lipinski definition) is 4. The number of aryl methyl sites for hydroxylation is 1. The predicted octanol–water partition coefficient (Wildman–Crippen LogP) is 0.497. The maximum Gasteiger partial charge on any atom is 0.220 e. The fourth-order valence-electron chi connectivity index (χ4n) is 1.18. The molecule has 0 amide bonds. The largest absolute Gasteiger partial charge is 0.368 e. The van der Waals surface area contributed by atoms with E-state index in [1.165, 1.54) is 0 Å². The van der Waals surface area contributed by atoms with Gasteiger partial charge in [-0.3, -0.25) is 5.10 Å². The molecule has 2 aromatic heterocycles. The second-order valence-electron chi connectivity index (χ2n) is 2.51. The maximum atomic E-state index is 5.50. The summed E-state index contributed by atoms with van der Waals surface area (Å²) < 4.78 is 0. The van der Waals surface area contributed by atoms with Crippen molar-refractivity contribution in [2.75, 3.05) is 5.73 Å². The van der Waals surface area contributed by atoms with Crippen molar-refractivity contribution in [3.05, 3.63) is 11.9 Å². The number of H-pyrrole nitrogens is 1. The Morgan fingerprint density at radius 2 is 2.33 bits per heavy atom. The lowest BCUT2D eigenvalue weighted by molar-refractivity contribution is 1.02. The first-order valence-corrected chi connectivity index (χ1v) is 3.76. The van der Waals surface area contributed by atoms with Gasteiger partial charge in [-0.25, -0.2) is 9.97 Å². The molecule has 0 atom stereocenters. The second-order valence-corrected chi connectivity index (χ2v) is 2.51. The highest BCUT2D eigenvalue weighted by atomic mass is 15.1. The Labute approximate surface area is 69.0 Å². The lowest BCUT2D eigenvalue weighted by Gasteiger charge is -1.97. The standard InChI is InChI=1S/C7H9N5/c1-2-4-6-5(3-9-12-6)11-7(8)10-4/h3H,2H2,1H3,(H,9,12)(H2,8,10,11). The van der Waals surface area contributed by atoms with Gasteiger partial charge >= 0.3 is 0 Å². The van der Waals surface area contributed by atoms with Crippen LogP contribution in [-0.4, -0.2) is 20.2 Å². The van der Waals surface area contributed by atoms with Gasteiger partial charge in [-0.05, 0) is 6.42 Å². The molecule has 0 saturated carbocycles. The lowest BCUT2D eigenvalue weighted by Crippen LogP contribution is -1.98. The van der Waals surface area contributed by atoms with Crippen molar-refractivity contribution in [1.29, 1.82) is 0 Å². The first-order chi connectivity index (χ1) is 5.81. The van der Waals surface area contributed by atoms with Gasteiger partial charge in [-0.15, -0.1) is 0 Å². The normalized spacial score (nSPS) is 10.8. The summed E-state index contributed by atoms with van der Waals surface area (Å²) in [6.45, 7) is 2.02. The summed E-state index contributed by atoms with van der Waals surface area (Å²) in [4.78, 5) is 8.10. The number of rotatable bonds is 1. The van der Waals surface area contributed by atoms with Crippen LogP contribution in [0.15, 0.2) is 6.20 Å². The first-order valence-electron chi connectivity index (χ1n) is 3.76. The van der Waals surface area contributed by atoms with Gasteiger partial charge in [0.25, 0.3) is 0 Å². The molecule has 5 nitrogen and oxygen atoms in total. The van der Waals surface area contributed by atoms with E-state index < -0.39 is 0 Å². The van der Waals surface area contributed by atoms with E-state index in [0.717, 1.165) is 23.1 Å². The van der Waals surface area contributed by atoms with Gasteiger partial charge in [0, 0.05) is 0 Å². The van der Waals surface area contributed by atoms with Crippen molar-refractivity contribution >= 4 is 17.0 Å². The Morgan fingerprint density at radius 1 is 1.50 bits per heavy atom. The molecule has 2 heterocycles. The van der Waals surface area contributed by atoms with Crippen LogP contribution in [0.2, 0.25) is 0 Å². The van der Waals surface area contributed by atoms with E-state index in [0.29, 0.717) is 5.95 Å². The van der Waals surface area contributed by atoms with E-state index in [2.05, 4.69) is 20.2 Å². The molecule has 0 aliphatic carbocycles. The van der Waals surface area contributed by atoms with Crippen molar-refractivity contribution in [2.45, 2.75) is 13.3 Å². The fourth-order valence-corrected chi connectivity index (χ4v) is 1.18. The van der Waals surface area contributed by atoms with Crippen LogP contribution in [0.4, 0.5) is 5.95 Å². The van der Waals surface area contributed by atoms with Crippen LogP contribution < -0.4 is 5.73 Å². The number of nitrogen functional groups attached to an aromatic ring is 1. The van der Waals surface area contributed by atoms with Crippen molar-refractivity contribution in [2.24, 2.45) is 0 Å². The van der Waals surface area contributed by atoms with Gasteiger partial charge in [0.1, 0.15) is 11.0 Å². The highest BCUT2D eigenvalue weighted by Crippen LogP contribution is 2.13. The molecule has 0 unspecified atom stereocenters. The Kier molecular flexibility index (Phi) is 1.43. The number of hydrogen-bond donors (Lipinski definition) is 2. The number of nitrogens with one attached hydrogen (secondary N) is 1. The van der Waals surface area contributed by atoms with Crippen molar-refractivity contribution < 1.29 is 0 Å². The Morgan fingerprint density at radius 3 is 3.08 bits per heavy atom. The molecular weight excluding hydrogens is 154 g/mol.